The molecule has 0 bridgehead atoms. The highest BCUT2D eigenvalue weighted by molar-refractivity contribution is 6.05. The van der Waals surface area contributed by atoms with Gasteiger partial charge in [0.1, 0.15) is 0 Å². The van der Waals surface area contributed by atoms with Gasteiger partial charge in [-0.2, -0.15) is 0 Å². The Labute approximate surface area is 87.6 Å². The molecule has 0 rings (SSSR count). The van der Waals surface area contributed by atoms with Crippen molar-refractivity contribution in [3.05, 3.63) is 0 Å². The highest BCUT2D eigenvalue weighted by Gasteiger charge is 2.23. The predicted octanol–water partition coefficient (Wildman–Crippen LogP) is -1.58. The monoisotopic (exact) mass is 216 g/mol. The Morgan fingerprint density at radius 1 is 1.20 bits per heavy atom. The number of hydrogen-bond donors (Lipinski definition) is 4. The lowest BCUT2D eigenvalue weighted by Gasteiger charge is -2.12. The third kappa shape index (κ3) is 5.50. The molecule has 0 unspecified atom stereocenters. The van der Waals surface area contributed by atoms with E-state index in [4.69, 9.17) is 11.5 Å². The molecule has 0 aliphatic heterocycles. The lowest BCUT2D eigenvalue weighted by atomic mass is 10.3. The molecule has 0 aromatic rings. The molecule has 0 saturated carbocycles. The first-order valence-corrected chi connectivity index (χ1v) is 4.62. The van der Waals surface area contributed by atoms with Crippen LogP contribution in [0.1, 0.15) is 19.8 Å². The zero-order valence-electron chi connectivity index (χ0n) is 8.58. The van der Waals surface area contributed by atoms with Crippen molar-refractivity contribution >= 4 is 17.8 Å². The van der Waals surface area contributed by atoms with Gasteiger partial charge in [0.25, 0.3) is 0 Å². The van der Waals surface area contributed by atoms with Crippen LogP contribution in [0.5, 0.6) is 0 Å². The molecule has 0 aliphatic carbocycles. The predicted molar refractivity (Wildman–Crippen MR) is 53.6 cm³/mol. The maximum Gasteiger partial charge on any atom is 0.315 e. The van der Waals surface area contributed by atoms with E-state index in [9.17, 15) is 14.4 Å². The van der Waals surface area contributed by atoms with Crippen molar-refractivity contribution in [1.82, 2.24) is 10.6 Å². The molecule has 4 amide bonds. The molecule has 0 saturated heterocycles. The van der Waals surface area contributed by atoms with Gasteiger partial charge in [0, 0.05) is 6.54 Å². The van der Waals surface area contributed by atoms with Crippen LogP contribution < -0.4 is 22.1 Å². The molecule has 0 aliphatic rings. The van der Waals surface area contributed by atoms with Crippen LogP contribution in [0.3, 0.4) is 0 Å². The summed E-state index contributed by atoms with van der Waals surface area (Å²) in [7, 11) is 0. The van der Waals surface area contributed by atoms with Crippen molar-refractivity contribution in [3.8, 4) is 0 Å². The summed E-state index contributed by atoms with van der Waals surface area (Å²) in [6, 6.07) is -2.10. The first kappa shape index (κ1) is 13.2. The van der Waals surface area contributed by atoms with Crippen LogP contribution in [0.4, 0.5) is 4.79 Å². The van der Waals surface area contributed by atoms with E-state index in [0.717, 1.165) is 12.8 Å². The zero-order chi connectivity index (χ0) is 11.8. The van der Waals surface area contributed by atoms with Gasteiger partial charge in [-0.15, -0.1) is 0 Å². The maximum absolute atomic E-state index is 11.1. The van der Waals surface area contributed by atoms with Crippen LogP contribution in [-0.2, 0) is 9.59 Å². The minimum Gasteiger partial charge on any atom is -0.367 e. The topological polar surface area (TPSA) is 127 Å². The van der Waals surface area contributed by atoms with Gasteiger partial charge in [0.2, 0.25) is 11.8 Å². The summed E-state index contributed by atoms with van der Waals surface area (Å²) in [6.45, 7) is 2.43. The molecule has 0 heterocycles. The second-order valence-electron chi connectivity index (χ2n) is 2.99. The van der Waals surface area contributed by atoms with Crippen LogP contribution in [0.25, 0.3) is 0 Å². The fourth-order valence-corrected chi connectivity index (χ4v) is 0.843. The quantitative estimate of drug-likeness (QED) is 0.316. The second-order valence-corrected chi connectivity index (χ2v) is 2.99. The van der Waals surface area contributed by atoms with E-state index >= 15 is 0 Å². The highest BCUT2D eigenvalue weighted by atomic mass is 16.2. The third-order valence-electron chi connectivity index (χ3n) is 1.66. The smallest absolute Gasteiger partial charge is 0.315 e. The van der Waals surface area contributed by atoms with E-state index in [-0.39, 0.29) is 0 Å². The summed E-state index contributed by atoms with van der Waals surface area (Å²) in [5.41, 5.74) is 9.72. The lowest BCUT2D eigenvalue weighted by Crippen LogP contribution is -2.55. The van der Waals surface area contributed by atoms with E-state index in [1.165, 1.54) is 0 Å². The highest BCUT2D eigenvalue weighted by Crippen LogP contribution is 1.84. The first-order chi connectivity index (χ1) is 6.99. The van der Waals surface area contributed by atoms with E-state index in [2.05, 4.69) is 10.6 Å². The summed E-state index contributed by atoms with van der Waals surface area (Å²) in [5, 5.41) is 4.53. The number of nitrogens with two attached hydrogens (primary N) is 2. The molecule has 0 radical (unpaired) electrons. The summed E-state index contributed by atoms with van der Waals surface area (Å²) in [4.78, 5) is 32.5. The van der Waals surface area contributed by atoms with Gasteiger partial charge in [-0.25, -0.2) is 4.79 Å². The van der Waals surface area contributed by atoms with Gasteiger partial charge in [-0.1, -0.05) is 13.3 Å². The molecule has 0 atom stereocenters. The molecule has 7 heteroatoms. The minimum absolute atomic E-state index is 0.465. The molecule has 6 N–H and O–H groups in total. The number of primary amides is 2. The van der Waals surface area contributed by atoms with Crippen LogP contribution in [0.2, 0.25) is 0 Å². The summed E-state index contributed by atoms with van der Waals surface area (Å²) < 4.78 is 0. The third-order valence-corrected chi connectivity index (χ3v) is 1.66. The number of carbonyl (C=O) groups is 3. The fraction of sp³-hybridized carbons (Fsp3) is 0.625. The number of nitrogens with one attached hydrogen (secondary N) is 2. The molecular weight excluding hydrogens is 200 g/mol. The summed E-state index contributed by atoms with van der Waals surface area (Å²) in [5.74, 6) is -1.96. The number of unbranched alkanes of at least 4 members (excludes halogenated alkanes) is 1. The van der Waals surface area contributed by atoms with Crippen LogP contribution >= 0.6 is 0 Å². The number of hydrogen-bond acceptors (Lipinski definition) is 3. The van der Waals surface area contributed by atoms with E-state index < -0.39 is 23.9 Å². The van der Waals surface area contributed by atoms with Gasteiger partial charge in [-0.3, -0.25) is 9.59 Å². The Morgan fingerprint density at radius 3 is 2.13 bits per heavy atom. The van der Waals surface area contributed by atoms with Crippen molar-refractivity contribution in [2.24, 2.45) is 11.5 Å². The van der Waals surface area contributed by atoms with Crippen LogP contribution in [0, 0.1) is 0 Å². The lowest BCUT2D eigenvalue weighted by molar-refractivity contribution is -0.128. The SMILES string of the molecule is CCCCNC(=O)NC(C(N)=O)C(N)=O. The van der Waals surface area contributed by atoms with Crippen LogP contribution in [0.15, 0.2) is 0 Å². The number of urea groups is 1. The molecular formula is C8H16N4O3. The average molecular weight is 216 g/mol. The van der Waals surface area contributed by atoms with Gasteiger partial charge in [-0.05, 0) is 6.42 Å². The Morgan fingerprint density at radius 2 is 1.73 bits per heavy atom. The second kappa shape index (κ2) is 6.63. The van der Waals surface area contributed by atoms with Gasteiger partial charge >= 0.3 is 6.03 Å². The number of carbonyl (C=O) groups excluding carboxylic acids is 3. The van der Waals surface area contributed by atoms with E-state index in [1.54, 1.807) is 0 Å². The minimum atomic E-state index is -1.47. The number of rotatable bonds is 6. The first-order valence-electron chi connectivity index (χ1n) is 4.62. The van der Waals surface area contributed by atoms with Gasteiger partial charge in [0.05, 0.1) is 0 Å². The van der Waals surface area contributed by atoms with E-state index in [1.807, 2.05) is 6.92 Å². The normalized spacial score (nSPS) is 9.73. The Hall–Kier alpha value is -1.79. The molecule has 15 heavy (non-hydrogen) atoms. The van der Waals surface area contributed by atoms with Crippen molar-refractivity contribution in [3.63, 3.8) is 0 Å². The Kier molecular flexibility index (Phi) is 5.84. The molecule has 0 aromatic carbocycles. The van der Waals surface area contributed by atoms with Crippen LogP contribution in [-0.4, -0.2) is 30.4 Å². The maximum atomic E-state index is 11.1. The van der Waals surface area contributed by atoms with Crippen molar-refractivity contribution < 1.29 is 14.4 Å². The van der Waals surface area contributed by atoms with Crippen molar-refractivity contribution in [1.29, 1.82) is 0 Å². The molecule has 0 spiro atoms. The summed E-state index contributed by atoms with van der Waals surface area (Å²) in [6.07, 6.45) is 1.74. The molecule has 0 aromatic heterocycles. The zero-order valence-corrected chi connectivity index (χ0v) is 8.58. The van der Waals surface area contributed by atoms with E-state index in [0.29, 0.717) is 6.54 Å². The van der Waals surface area contributed by atoms with Crippen molar-refractivity contribution in [2.75, 3.05) is 6.54 Å². The standard InChI is InChI=1S/C8H16N4O3/c1-2-3-4-11-8(15)12-5(6(9)13)7(10)14/h5H,2-4H2,1H3,(H2,9,13)(H2,10,14)(H2,11,12,15). The molecule has 86 valence electrons. The fourth-order valence-electron chi connectivity index (χ4n) is 0.843. The Bertz CT molecular complexity index is 240. The average Bonchev–Trinajstić information content (AvgIpc) is 2.13. The van der Waals surface area contributed by atoms with Gasteiger partial charge in [0.15, 0.2) is 6.04 Å². The van der Waals surface area contributed by atoms with Crippen molar-refractivity contribution in [2.45, 2.75) is 25.8 Å². The largest absolute Gasteiger partial charge is 0.367 e. The Balaban J connectivity index is 4.01. The number of amides is 4. The molecule has 0 fully saturated rings. The summed E-state index contributed by atoms with van der Waals surface area (Å²) >= 11 is 0. The molecule has 7 nitrogen and oxygen atoms in total. The van der Waals surface area contributed by atoms with Gasteiger partial charge < -0.3 is 22.1 Å².